The van der Waals surface area contributed by atoms with Gasteiger partial charge in [-0.2, -0.15) is 0 Å². The second-order valence-electron chi connectivity index (χ2n) is 4.58. The molecule has 0 radical (unpaired) electrons. The van der Waals surface area contributed by atoms with E-state index in [1.165, 1.54) is 25.9 Å². The van der Waals surface area contributed by atoms with Gasteiger partial charge >= 0.3 is 0 Å². The van der Waals surface area contributed by atoms with Gasteiger partial charge in [-0.25, -0.2) is 0 Å². The van der Waals surface area contributed by atoms with Crippen LogP contribution in [0.4, 0.5) is 0 Å². The summed E-state index contributed by atoms with van der Waals surface area (Å²) in [6.45, 7) is 6.58. The van der Waals surface area contributed by atoms with Crippen molar-refractivity contribution in [2.45, 2.75) is 19.3 Å². The van der Waals surface area contributed by atoms with Crippen molar-refractivity contribution in [1.82, 2.24) is 10.2 Å². The molecule has 4 heteroatoms. The van der Waals surface area contributed by atoms with Gasteiger partial charge in [0.15, 0.2) is 0 Å². The molecular weight excluding hydrogens is 204 g/mol. The molecule has 1 heterocycles. The Morgan fingerprint density at radius 1 is 1.50 bits per heavy atom. The Kier molecular flexibility index (Phi) is 7.76. The van der Waals surface area contributed by atoms with E-state index in [2.05, 4.69) is 10.2 Å². The normalized spacial score (nSPS) is 22.5. The molecule has 16 heavy (non-hydrogen) atoms. The van der Waals surface area contributed by atoms with E-state index >= 15 is 0 Å². The zero-order valence-electron chi connectivity index (χ0n) is 10.5. The van der Waals surface area contributed by atoms with Gasteiger partial charge in [0.2, 0.25) is 0 Å². The maximum absolute atomic E-state index is 8.81. The summed E-state index contributed by atoms with van der Waals surface area (Å²) in [5.74, 6) is 0.768. The molecule has 0 aromatic heterocycles. The number of piperidine rings is 1. The van der Waals surface area contributed by atoms with Crippen LogP contribution in [-0.2, 0) is 4.74 Å². The third-order valence-electron chi connectivity index (χ3n) is 3.15. The van der Waals surface area contributed by atoms with Crippen LogP contribution < -0.4 is 5.32 Å². The standard InChI is InChI=1S/C12H26N2O2/c1-16-9-5-13-10-12-4-2-6-14(11-12)7-3-8-15/h12-13,15H,2-11H2,1H3. The van der Waals surface area contributed by atoms with Crippen LogP contribution in [0, 0.1) is 5.92 Å². The Morgan fingerprint density at radius 2 is 2.38 bits per heavy atom. The van der Waals surface area contributed by atoms with E-state index in [0.717, 1.165) is 38.6 Å². The average Bonchev–Trinajstić information content (AvgIpc) is 2.33. The van der Waals surface area contributed by atoms with Crippen LogP contribution in [0.1, 0.15) is 19.3 Å². The van der Waals surface area contributed by atoms with Crippen molar-refractivity contribution < 1.29 is 9.84 Å². The highest BCUT2D eigenvalue weighted by atomic mass is 16.5. The number of rotatable bonds is 8. The lowest BCUT2D eigenvalue weighted by Gasteiger charge is -2.32. The van der Waals surface area contributed by atoms with Crippen molar-refractivity contribution >= 4 is 0 Å². The summed E-state index contributed by atoms with van der Waals surface area (Å²) in [7, 11) is 1.74. The van der Waals surface area contributed by atoms with Crippen LogP contribution in [0.2, 0.25) is 0 Å². The summed E-state index contributed by atoms with van der Waals surface area (Å²) in [5.41, 5.74) is 0. The van der Waals surface area contributed by atoms with Gasteiger partial charge in [0.25, 0.3) is 0 Å². The molecule has 1 aliphatic heterocycles. The Balaban J connectivity index is 2.07. The number of hydrogen-bond acceptors (Lipinski definition) is 4. The fourth-order valence-corrected chi connectivity index (χ4v) is 2.30. The highest BCUT2D eigenvalue weighted by Gasteiger charge is 2.18. The molecule has 1 saturated heterocycles. The van der Waals surface area contributed by atoms with Crippen LogP contribution in [-0.4, -0.2) is 63.1 Å². The molecule has 96 valence electrons. The van der Waals surface area contributed by atoms with Gasteiger partial charge in [-0.3, -0.25) is 0 Å². The van der Waals surface area contributed by atoms with Gasteiger partial charge < -0.3 is 20.1 Å². The zero-order valence-corrected chi connectivity index (χ0v) is 10.5. The summed E-state index contributed by atoms with van der Waals surface area (Å²) < 4.78 is 5.00. The third-order valence-corrected chi connectivity index (χ3v) is 3.15. The molecule has 0 aromatic rings. The quantitative estimate of drug-likeness (QED) is 0.589. The molecule has 1 aliphatic rings. The Morgan fingerprint density at radius 3 is 3.12 bits per heavy atom. The molecule has 1 atom stereocenters. The van der Waals surface area contributed by atoms with E-state index in [-0.39, 0.29) is 0 Å². The minimum absolute atomic E-state index is 0.313. The van der Waals surface area contributed by atoms with Crippen molar-refractivity contribution in [3.05, 3.63) is 0 Å². The smallest absolute Gasteiger partial charge is 0.0587 e. The number of aliphatic hydroxyl groups excluding tert-OH is 1. The average molecular weight is 230 g/mol. The molecule has 2 N–H and O–H groups in total. The van der Waals surface area contributed by atoms with Crippen molar-refractivity contribution in [2.24, 2.45) is 5.92 Å². The zero-order chi connectivity index (χ0) is 11.6. The second kappa shape index (κ2) is 8.93. The molecule has 0 aromatic carbocycles. The minimum atomic E-state index is 0.313. The molecule has 1 rings (SSSR count). The van der Waals surface area contributed by atoms with Crippen molar-refractivity contribution in [3.8, 4) is 0 Å². The van der Waals surface area contributed by atoms with Gasteiger partial charge in [0, 0.05) is 33.4 Å². The lowest BCUT2D eigenvalue weighted by Crippen LogP contribution is -2.40. The largest absolute Gasteiger partial charge is 0.396 e. The SMILES string of the molecule is COCCNCC1CCCN(CCCO)C1. The number of nitrogens with zero attached hydrogens (tertiary/aromatic N) is 1. The lowest BCUT2D eigenvalue weighted by atomic mass is 9.98. The number of aliphatic hydroxyl groups is 1. The molecule has 4 nitrogen and oxygen atoms in total. The van der Waals surface area contributed by atoms with Crippen molar-refractivity contribution in [3.63, 3.8) is 0 Å². The fraction of sp³-hybridized carbons (Fsp3) is 1.00. The summed E-state index contributed by atoms with van der Waals surface area (Å²) in [5, 5.41) is 12.2. The van der Waals surface area contributed by atoms with Crippen molar-refractivity contribution in [1.29, 1.82) is 0 Å². The van der Waals surface area contributed by atoms with E-state index in [1.54, 1.807) is 7.11 Å². The summed E-state index contributed by atoms with van der Waals surface area (Å²) in [6, 6.07) is 0. The minimum Gasteiger partial charge on any atom is -0.396 e. The van der Waals surface area contributed by atoms with Gasteiger partial charge in [-0.1, -0.05) is 0 Å². The molecule has 0 saturated carbocycles. The molecule has 1 unspecified atom stereocenters. The maximum Gasteiger partial charge on any atom is 0.0587 e. The summed E-state index contributed by atoms with van der Waals surface area (Å²) in [4.78, 5) is 2.47. The van der Waals surface area contributed by atoms with E-state index in [9.17, 15) is 0 Å². The van der Waals surface area contributed by atoms with Gasteiger partial charge in [0.1, 0.15) is 0 Å². The van der Waals surface area contributed by atoms with Crippen LogP contribution in [0.25, 0.3) is 0 Å². The van der Waals surface area contributed by atoms with Gasteiger partial charge in [-0.15, -0.1) is 0 Å². The first-order valence-corrected chi connectivity index (χ1v) is 6.39. The first-order chi connectivity index (χ1) is 7.86. The fourth-order valence-electron chi connectivity index (χ4n) is 2.30. The van der Waals surface area contributed by atoms with Crippen LogP contribution in [0.3, 0.4) is 0 Å². The Hall–Kier alpha value is -0.160. The van der Waals surface area contributed by atoms with Crippen LogP contribution in [0.5, 0.6) is 0 Å². The van der Waals surface area contributed by atoms with E-state index in [4.69, 9.17) is 9.84 Å². The van der Waals surface area contributed by atoms with Crippen LogP contribution >= 0.6 is 0 Å². The first kappa shape index (κ1) is 13.9. The number of hydrogen-bond donors (Lipinski definition) is 2. The number of methoxy groups -OCH3 is 1. The van der Waals surface area contributed by atoms with Gasteiger partial charge in [0.05, 0.1) is 6.61 Å². The highest BCUT2D eigenvalue weighted by Crippen LogP contribution is 2.15. The van der Waals surface area contributed by atoms with Crippen LogP contribution in [0.15, 0.2) is 0 Å². The predicted octanol–water partition coefficient (Wildman–Crippen LogP) is 0.317. The molecule has 1 fully saturated rings. The molecule has 0 aliphatic carbocycles. The topological polar surface area (TPSA) is 44.7 Å². The second-order valence-corrected chi connectivity index (χ2v) is 4.58. The molecule has 0 bridgehead atoms. The molecular formula is C12H26N2O2. The third kappa shape index (κ3) is 5.80. The van der Waals surface area contributed by atoms with E-state index in [0.29, 0.717) is 6.61 Å². The maximum atomic E-state index is 8.81. The van der Waals surface area contributed by atoms with Gasteiger partial charge in [-0.05, 0) is 38.3 Å². The number of nitrogens with one attached hydrogen (secondary N) is 1. The Bertz CT molecular complexity index is 167. The lowest BCUT2D eigenvalue weighted by molar-refractivity contribution is 0.153. The summed E-state index contributed by atoms with van der Waals surface area (Å²) >= 11 is 0. The molecule has 0 spiro atoms. The first-order valence-electron chi connectivity index (χ1n) is 6.39. The Labute approximate surface area is 99.0 Å². The summed E-state index contributed by atoms with van der Waals surface area (Å²) in [6.07, 6.45) is 3.53. The number of ether oxygens (including phenoxy) is 1. The monoisotopic (exact) mass is 230 g/mol. The van der Waals surface area contributed by atoms with Crippen molar-refractivity contribution in [2.75, 3.05) is 53.0 Å². The number of likely N-dealkylation sites (tertiary alicyclic amines) is 1. The predicted molar refractivity (Wildman–Crippen MR) is 65.6 cm³/mol. The highest BCUT2D eigenvalue weighted by molar-refractivity contribution is 4.74. The van der Waals surface area contributed by atoms with E-state index in [1.807, 2.05) is 0 Å². The molecule has 0 amide bonds. The van der Waals surface area contributed by atoms with E-state index < -0.39 is 0 Å².